The van der Waals surface area contributed by atoms with E-state index in [-0.39, 0.29) is 37.1 Å². The molecule has 13 heteroatoms. The third-order valence-corrected chi connectivity index (χ3v) is 9.08. The van der Waals surface area contributed by atoms with E-state index in [1.54, 1.807) is 31.2 Å². The highest BCUT2D eigenvalue weighted by molar-refractivity contribution is 6.32. The van der Waals surface area contributed by atoms with E-state index in [2.05, 4.69) is 5.32 Å². The molecular weight excluding hydrogens is 586 g/mol. The van der Waals surface area contributed by atoms with Crippen molar-refractivity contribution in [3.8, 4) is 16.9 Å². The number of nitrogens with two attached hydrogens (primary N) is 1. The fourth-order valence-electron chi connectivity index (χ4n) is 7.17. The molecule has 0 saturated heterocycles. The van der Waals surface area contributed by atoms with Gasteiger partial charge < -0.3 is 26.0 Å². The Morgan fingerprint density at radius 2 is 1.80 bits per heavy atom. The zero-order valence-corrected chi connectivity index (χ0v) is 24.9. The zero-order valence-electron chi connectivity index (χ0n) is 24.9. The van der Waals surface area contributed by atoms with Crippen molar-refractivity contribution in [1.29, 1.82) is 0 Å². The lowest BCUT2D eigenvalue weighted by Crippen LogP contribution is -2.74. The van der Waals surface area contributed by atoms with Crippen LogP contribution in [0.3, 0.4) is 0 Å². The van der Waals surface area contributed by atoms with Crippen LogP contribution in [-0.4, -0.2) is 94.9 Å². The zero-order chi connectivity index (χ0) is 33.0. The normalized spacial score (nSPS) is 27.4. The average molecular weight is 620 g/mol. The number of likely N-dealkylation sites (N-methyl/N-ethyl adjacent to an activating group) is 1. The smallest absolute Gasteiger partial charge is 0.325 e. The third kappa shape index (κ3) is 5.01. The number of hydrogen-bond donors (Lipinski definition) is 4. The predicted octanol–water partition coefficient (Wildman–Crippen LogP) is -0.173. The Labute approximate surface area is 257 Å². The van der Waals surface area contributed by atoms with E-state index in [4.69, 9.17) is 10.5 Å². The van der Waals surface area contributed by atoms with Crippen molar-refractivity contribution in [2.75, 3.05) is 27.2 Å². The lowest BCUT2D eigenvalue weighted by atomic mass is 9.52. The lowest BCUT2D eigenvalue weighted by Gasteiger charge is -2.52. The van der Waals surface area contributed by atoms with Gasteiger partial charge in [-0.2, -0.15) is 0 Å². The van der Waals surface area contributed by atoms with E-state index >= 15 is 0 Å². The minimum atomic E-state index is -2.81. The topological polar surface area (TPSA) is 210 Å². The minimum absolute atomic E-state index is 0.0643. The fraction of sp³-hybridized carbons (Fsp3) is 0.406. The number of nitrogens with zero attached hydrogens (tertiary/aromatic N) is 1. The molecule has 5 rings (SSSR count). The number of rotatable bonds is 7. The Kier molecular flexibility index (Phi) is 8.19. The molecule has 0 aromatic heterocycles. The van der Waals surface area contributed by atoms with Crippen molar-refractivity contribution < 1.29 is 48.5 Å². The molecule has 0 spiro atoms. The number of aliphatic hydroxyl groups is 1. The van der Waals surface area contributed by atoms with Gasteiger partial charge in [0.15, 0.2) is 34.7 Å². The Bertz CT molecular complexity index is 1670. The second-order valence-electron chi connectivity index (χ2n) is 11.8. The van der Waals surface area contributed by atoms with Crippen molar-refractivity contribution in [3.63, 3.8) is 0 Å². The Balaban J connectivity index is 1.55. The van der Waals surface area contributed by atoms with Crippen molar-refractivity contribution in [3.05, 3.63) is 53.1 Å². The molecule has 0 aliphatic heterocycles. The number of nitrogens with one attached hydrogen (secondary N) is 1. The van der Waals surface area contributed by atoms with Crippen LogP contribution < -0.4 is 11.1 Å². The predicted molar refractivity (Wildman–Crippen MR) is 156 cm³/mol. The molecule has 0 radical (unpaired) electrons. The van der Waals surface area contributed by atoms with Crippen molar-refractivity contribution >= 4 is 40.9 Å². The Morgan fingerprint density at radius 3 is 2.44 bits per heavy atom. The molecule has 2 fully saturated rings. The van der Waals surface area contributed by atoms with Crippen LogP contribution in [0.25, 0.3) is 11.1 Å². The molecule has 13 nitrogen and oxygen atoms in total. The summed E-state index contributed by atoms with van der Waals surface area (Å²) in [4.78, 5) is 92.7. The maximum atomic E-state index is 14.0. The molecule has 236 valence electrons. The number of primary amides is 1. The maximum absolute atomic E-state index is 14.0. The number of esters is 1. The van der Waals surface area contributed by atoms with Crippen LogP contribution in [0.15, 0.2) is 36.4 Å². The summed E-state index contributed by atoms with van der Waals surface area (Å²) in [6.45, 7) is 1.48. The molecule has 2 amide bonds. The standard InChI is InChI=1S/C32H33N3O10/c1-4-45-21(37)13-34-31(43)15-7-5-6-14(10-15)17-8-9-20(36)23-18(17)11-16-12-19-25(35(2)3)27(39)24(30(33)42)29(41)32(19,44)28(40)22(16)26(23)38/h5-10,16,19,22,24-25,36,44H,4,11-13H2,1-3H3,(H2,33,42)(H,34,43)/t16-,19-,22?,24?,25?,32-/m0/s1. The average Bonchev–Trinajstić information content (AvgIpc) is 2.97. The van der Waals surface area contributed by atoms with Gasteiger partial charge in [0, 0.05) is 11.5 Å². The van der Waals surface area contributed by atoms with E-state index in [0.717, 1.165) is 0 Å². The number of ketones is 4. The molecule has 0 heterocycles. The number of aromatic hydroxyl groups is 1. The summed E-state index contributed by atoms with van der Waals surface area (Å²) in [6, 6.07) is 8.05. The van der Waals surface area contributed by atoms with E-state index in [0.29, 0.717) is 16.7 Å². The number of carbonyl (C=O) groups is 7. The number of fused-ring (bicyclic) bond motifs is 3. The summed E-state index contributed by atoms with van der Waals surface area (Å²) in [5.41, 5.74) is 4.01. The van der Waals surface area contributed by atoms with E-state index in [9.17, 15) is 43.8 Å². The van der Waals surface area contributed by atoms with Crippen molar-refractivity contribution in [2.45, 2.75) is 31.4 Å². The van der Waals surface area contributed by atoms with Gasteiger partial charge in [0.25, 0.3) is 5.91 Å². The van der Waals surface area contributed by atoms with Gasteiger partial charge in [0.05, 0.1) is 24.1 Å². The molecular formula is C32H33N3O10. The highest BCUT2D eigenvalue weighted by Crippen LogP contribution is 2.51. The summed E-state index contributed by atoms with van der Waals surface area (Å²) in [6.07, 6.45) is -0.0237. The molecule has 6 atom stereocenters. The first kappa shape index (κ1) is 31.7. The van der Waals surface area contributed by atoms with E-state index in [1.807, 2.05) is 0 Å². The second kappa shape index (κ2) is 11.6. The minimum Gasteiger partial charge on any atom is -0.507 e. The molecule has 5 N–H and O–H groups in total. The van der Waals surface area contributed by atoms with Crippen LogP contribution in [0, 0.1) is 23.7 Å². The number of benzene rings is 2. The summed E-state index contributed by atoms with van der Waals surface area (Å²) < 4.78 is 4.83. The lowest BCUT2D eigenvalue weighted by molar-refractivity contribution is -0.181. The SMILES string of the molecule is CCOC(=O)CNC(=O)c1cccc(-c2ccc(O)c3c2C[C@H]2C[C@H]4C(N(C)C)C(=O)C(C(N)=O)C(=O)[C@@]4(O)C(=O)C2C3=O)c1. The molecule has 2 aromatic carbocycles. The van der Waals surface area contributed by atoms with Crippen molar-refractivity contribution in [1.82, 2.24) is 10.2 Å². The van der Waals surface area contributed by atoms with E-state index in [1.165, 1.54) is 31.1 Å². The van der Waals surface area contributed by atoms with Gasteiger partial charge in [0.1, 0.15) is 12.3 Å². The third-order valence-electron chi connectivity index (χ3n) is 9.08. The van der Waals surface area contributed by atoms with Crippen LogP contribution in [0.4, 0.5) is 0 Å². The summed E-state index contributed by atoms with van der Waals surface area (Å²) in [7, 11) is 3.03. The van der Waals surface area contributed by atoms with Crippen LogP contribution in [0.2, 0.25) is 0 Å². The van der Waals surface area contributed by atoms with Crippen LogP contribution in [0.1, 0.15) is 39.6 Å². The van der Waals surface area contributed by atoms with Gasteiger partial charge in [-0.25, -0.2) is 0 Å². The number of amides is 2. The number of hydrogen-bond acceptors (Lipinski definition) is 11. The summed E-state index contributed by atoms with van der Waals surface area (Å²) >= 11 is 0. The molecule has 2 saturated carbocycles. The van der Waals surface area contributed by atoms with Crippen LogP contribution in [0.5, 0.6) is 5.75 Å². The van der Waals surface area contributed by atoms with E-state index < -0.39 is 82.0 Å². The number of ether oxygens (including phenoxy) is 1. The maximum Gasteiger partial charge on any atom is 0.325 e. The highest BCUT2D eigenvalue weighted by Gasteiger charge is 2.69. The number of carbonyl (C=O) groups excluding carboxylic acids is 7. The fourth-order valence-corrected chi connectivity index (χ4v) is 7.17. The Morgan fingerprint density at radius 1 is 1.09 bits per heavy atom. The molecule has 3 aliphatic rings. The molecule has 3 unspecified atom stereocenters. The highest BCUT2D eigenvalue weighted by atomic mass is 16.5. The van der Waals surface area contributed by atoms with Crippen LogP contribution in [-0.2, 0) is 35.1 Å². The van der Waals surface area contributed by atoms with Gasteiger partial charge in [-0.3, -0.25) is 38.5 Å². The quantitative estimate of drug-likeness (QED) is 0.236. The van der Waals surface area contributed by atoms with Gasteiger partial charge in [-0.15, -0.1) is 0 Å². The first-order chi connectivity index (χ1) is 21.2. The number of phenolic OH excluding ortho intramolecular Hbond substituents is 1. The molecule has 3 aliphatic carbocycles. The molecule has 2 aromatic rings. The molecule has 45 heavy (non-hydrogen) atoms. The van der Waals surface area contributed by atoms with Crippen LogP contribution >= 0.6 is 0 Å². The van der Waals surface area contributed by atoms with Gasteiger partial charge in [-0.1, -0.05) is 18.2 Å². The second-order valence-corrected chi connectivity index (χ2v) is 11.8. The first-order valence-corrected chi connectivity index (χ1v) is 14.5. The van der Waals surface area contributed by atoms with Gasteiger partial charge >= 0.3 is 5.97 Å². The monoisotopic (exact) mass is 619 g/mol. The van der Waals surface area contributed by atoms with Gasteiger partial charge in [0.2, 0.25) is 5.91 Å². The number of phenols is 1. The Hall–Kier alpha value is -4.75. The first-order valence-electron chi connectivity index (χ1n) is 14.5. The summed E-state index contributed by atoms with van der Waals surface area (Å²) in [5.74, 6) is -12.5. The summed E-state index contributed by atoms with van der Waals surface area (Å²) in [5, 5.41) is 25.0. The van der Waals surface area contributed by atoms with Gasteiger partial charge in [-0.05, 0) is 74.7 Å². The largest absolute Gasteiger partial charge is 0.507 e. The van der Waals surface area contributed by atoms with Crippen molar-refractivity contribution in [2.24, 2.45) is 29.4 Å². The number of Topliss-reactive ketones (excluding diaryl/α,β-unsaturated/α-hetero) is 4. The molecule has 0 bridgehead atoms.